The van der Waals surface area contributed by atoms with Crippen LogP contribution < -0.4 is 0 Å². The average Bonchev–Trinajstić information content (AvgIpc) is 3.98. The van der Waals surface area contributed by atoms with Crippen molar-refractivity contribution in [3.8, 4) is 56.4 Å². The molecule has 0 aliphatic rings. The van der Waals surface area contributed by atoms with Gasteiger partial charge in [0.1, 0.15) is 11.2 Å². The molecule has 12 aromatic rings. The summed E-state index contributed by atoms with van der Waals surface area (Å²) in [7, 11) is 0. The minimum atomic E-state index is 0.601. The second-order valence-corrected chi connectivity index (χ2v) is 16.4. The number of benzene rings is 8. The number of nitrogens with zero attached hydrogens (tertiary/aromatic N) is 3. The molecule has 4 nitrogen and oxygen atoms in total. The minimum Gasteiger partial charge on any atom is -0.456 e. The van der Waals surface area contributed by atoms with Gasteiger partial charge in [-0.1, -0.05) is 140 Å². The summed E-state index contributed by atoms with van der Waals surface area (Å²) in [6.45, 7) is 0. The molecule has 0 radical (unpaired) electrons. The van der Waals surface area contributed by atoms with E-state index in [2.05, 4.69) is 115 Å². The van der Waals surface area contributed by atoms with E-state index in [0.29, 0.717) is 17.5 Å². The Morgan fingerprint density at radius 2 is 0.842 bits per heavy atom. The quantitative estimate of drug-likeness (QED) is 0.175. The highest BCUT2D eigenvalue weighted by atomic mass is 32.1. The van der Waals surface area contributed by atoms with Crippen LogP contribution in [0.15, 0.2) is 180 Å². The predicted molar refractivity (Wildman–Crippen MR) is 240 cm³/mol. The number of thiophene rings is 2. The topological polar surface area (TPSA) is 51.8 Å². The van der Waals surface area contributed by atoms with Gasteiger partial charge in [-0.25, -0.2) is 15.0 Å². The van der Waals surface area contributed by atoms with Gasteiger partial charge in [0.15, 0.2) is 17.5 Å². The normalized spacial score (nSPS) is 11.9. The smallest absolute Gasteiger partial charge is 0.164 e. The molecule has 0 N–H and O–H groups in total. The molecule has 0 amide bonds. The van der Waals surface area contributed by atoms with Crippen molar-refractivity contribution in [2.45, 2.75) is 0 Å². The number of hydrogen-bond donors (Lipinski definition) is 0. The highest BCUT2D eigenvalue weighted by Gasteiger charge is 2.20. The van der Waals surface area contributed by atoms with Crippen molar-refractivity contribution in [2.75, 3.05) is 0 Å². The van der Waals surface area contributed by atoms with Crippen LogP contribution in [0.3, 0.4) is 0 Å². The van der Waals surface area contributed by atoms with Gasteiger partial charge in [-0.2, -0.15) is 0 Å². The van der Waals surface area contributed by atoms with Gasteiger partial charge in [-0.15, -0.1) is 22.7 Å². The number of furan rings is 1. The van der Waals surface area contributed by atoms with Crippen molar-refractivity contribution in [2.24, 2.45) is 0 Å². The van der Waals surface area contributed by atoms with Crippen molar-refractivity contribution < 1.29 is 4.42 Å². The van der Waals surface area contributed by atoms with Gasteiger partial charge < -0.3 is 4.42 Å². The third kappa shape index (κ3) is 5.22. The molecule has 0 spiro atoms. The fraction of sp³-hybridized carbons (Fsp3) is 0. The number of rotatable bonds is 5. The molecule has 4 heterocycles. The molecule has 4 aromatic heterocycles. The Labute approximate surface area is 335 Å². The molecule has 0 unspecified atom stereocenters. The van der Waals surface area contributed by atoms with E-state index in [0.717, 1.165) is 44.2 Å². The van der Waals surface area contributed by atoms with Gasteiger partial charge in [-0.05, 0) is 47.5 Å². The first kappa shape index (κ1) is 32.3. The first-order valence-corrected chi connectivity index (χ1v) is 20.6. The van der Waals surface area contributed by atoms with E-state index in [9.17, 15) is 0 Å². The predicted octanol–water partition coefficient (Wildman–Crippen LogP) is 14.8. The Morgan fingerprint density at radius 3 is 1.54 bits per heavy atom. The Balaban J connectivity index is 0.999. The molecule has 0 aliphatic carbocycles. The van der Waals surface area contributed by atoms with Crippen molar-refractivity contribution in [1.82, 2.24) is 15.0 Å². The van der Waals surface area contributed by atoms with Gasteiger partial charge in [0, 0.05) is 78.9 Å². The average molecular weight is 764 g/mol. The van der Waals surface area contributed by atoms with Crippen LogP contribution in [0.5, 0.6) is 0 Å². The molecule has 0 fully saturated rings. The largest absolute Gasteiger partial charge is 0.456 e. The Hall–Kier alpha value is -6.99. The van der Waals surface area contributed by atoms with Crippen molar-refractivity contribution in [3.63, 3.8) is 0 Å². The molecule has 0 bridgehead atoms. The standard InChI is InChI=1S/C51H29N3OS2/c1-3-12-30(13-4-1)49-52-50(31-14-5-2-6-15-31)54-51(53-49)33-23-25-36-35-24-22-32(28-42(35)55-43(36)29-33)34-26-27-40(48-46(34)41-17-8-10-21-45(41)57-48)39-19-11-18-38-37-16-7-9-20-44(37)56-47(38)39/h1-29H. The molecule has 8 aromatic carbocycles. The first-order chi connectivity index (χ1) is 28.2. The summed E-state index contributed by atoms with van der Waals surface area (Å²) in [6.07, 6.45) is 0. The maximum absolute atomic E-state index is 6.69. The maximum Gasteiger partial charge on any atom is 0.164 e. The van der Waals surface area contributed by atoms with E-state index in [-0.39, 0.29) is 0 Å². The lowest BCUT2D eigenvalue weighted by Gasteiger charge is -2.10. The molecule has 57 heavy (non-hydrogen) atoms. The summed E-state index contributed by atoms with van der Waals surface area (Å²) in [5.74, 6) is 1.86. The van der Waals surface area contributed by atoms with Crippen LogP contribution in [0.1, 0.15) is 0 Å². The van der Waals surface area contributed by atoms with E-state index in [1.807, 2.05) is 83.3 Å². The lowest BCUT2D eigenvalue weighted by Crippen LogP contribution is -2.00. The van der Waals surface area contributed by atoms with Crippen molar-refractivity contribution in [3.05, 3.63) is 176 Å². The number of fused-ring (bicyclic) bond motifs is 9. The van der Waals surface area contributed by atoms with Crippen LogP contribution in [-0.4, -0.2) is 15.0 Å². The summed E-state index contributed by atoms with van der Waals surface area (Å²) in [6, 6.07) is 61.9. The van der Waals surface area contributed by atoms with Crippen LogP contribution in [0, 0.1) is 0 Å². The summed E-state index contributed by atoms with van der Waals surface area (Å²) >= 11 is 3.76. The van der Waals surface area contributed by atoms with Gasteiger partial charge in [0.2, 0.25) is 0 Å². The van der Waals surface area contributed by atoms with Crippen LogP contribution in [0.25, 0.3) is 119 Å². The molecule has 6 heteroatoms. The fourth-order valence-electron chi connectivity index (χ4n) is 8.26. The maximum atomic E-state index is 6.69. The molecular weight excluding hydrogens is 735 g/mol. The second-order valence-electron chi connectivity index (χ2n) is 14.3. The monoisotopic (exact) mass is 763 g/mol. The molecule has 0 atom stereocenters. The van der Waals surface area contributed by atoms with Crippen molar-refractivity contribution in [1.29, 1.82) is 0 Å². The highest BCUT2D eigenvalue weighted by molar-refractivity contribution is 7.27. The van der Waals surface area contributed by atoms with Crippen molar-refractivity contribution >= 4 is 85.0 Å². The summed E-state index contributed by atoms with van der Waals surface area (Å²) in [5, 5.41) is 7.31. The Kier molecular flexibility index (Phi) is 7.24. The van der Waals surface area contributed by atoms with Crippen LogP contribution in [0.4, 0.5) is 0 Å². The molecule has 266 valence electrons. The number of aromatic nitrogens is 3. The van der Waals surface area contributed by atoms with E-state index in [1.54, 1.807) is 0 Å². The highest BCUT2D eigenvalue weighted by Crippen LogP contribution is 2.48. The van der Waals surface area contributed by atoms with E-state index < -0.39 is 0 Å². The molecule has 0 aliphatic heterocycles. The third-order valence-electron chi connectivity index (χ3n) is 11.0. The Bertz CT molecular complexity index is 3470. The SMILES string of the molecule is c1ccc(-c2nc(-c3ccccc3)nc(-c3ccc4c(c3)oc3cc(-c5ccc(-c6cccc7c6sc6ccccc67)c6sc7ccccc7c56)ccc34)n2)cc1. The van der Waals surface area contributed by atoms with Gasteiger partial charge in [0.25, 0.3) is 0 Å². The number of hydrogen-bond acceptors (Lipinski definition) is 6. The van der Waals surface area contributed by atoms with Crippen LogP contribution in [0.2, 0.25) is 0 Å². The first-order valence-electron chi connectivity index (χ1n) is 18.9. The summed E-state index contributed by atoms with van der Waals surface area (Å²) in [5.41, 5.74) is 9.26. The van der Waals surface area contributed by atoms with Crippen LogP contribution in [-0.2, 0) is 0 Å². The molecule has 12 rings (SSSR count). The zero-order chi connectivity index (χ0) is 37.5. The van der Waals surface area contributed by atoms with Gasteiger partial charge >= 0.3 is 0 Å². The van der Waals surface area contributed by atoms with E-state index in [1.165, 1.54) is 57.0 Å². The van der Waals surface area contributed by atoms with E-state index >= 15 is 0 Å². The van der Waals surface area contributed by atoms with Crippen LogP contribution >= 0.6 is 22.7 Å². The van der Waals surface area contributed by atoms with E-state index in [4.69, 9.17) is 19.4 Å². The van der Waals surface area contributed by atoms with Gasteiger partial charge in [-0.3, -0.25) is 0 Å². The Morgan fingerprint density at radius 1 is 0.333 bits per heavy atom. The zero-order valence-electron chi connectivity index (χ0n) is 30.3. The lowest BCUT2D eigenvalue weighted by atomic mass is 9.94. The fourth-order valence-corrected chi connectivity index (χ4v) is 10.7. The molecule has 0 saturated carbocycles. The lowest BCUT2D eigenvalue weighted by molar-refractivity contribution is 0.669. The van der Waals surface area contributed by atoms with Gasteiger partial charge in [0.05, 0.1) is 0 Å². The summed E-state index contributed by atoms with van der Waals surface area (Å²) < 4.78 is 11.9. The second kappa shape index (κ2) is 12.8. The summed E-state index contributed by atoms with van der Waals surface area (Å²) in [4.78, 5) is 14.8. The molecule has 0 saturated heterocycles. The third-order valence-corrected chi connectivity index (χ3v) is 13.4. The minimum absolute atomic E-state index is 0.601. The zero-order valence-corrected chi connectivity index (χ0v) is 31.9. The molecular formula is C51H29N3OS2.